The molecule has 3 saturated heterocycles. The topological polar surface area (TPSA) is 40.2 Å². The number of fused-ring (bicyclic) bond motifs is 3. The van der Waals surface area contributed by atoms with E-state index in [0.29, 0.717) is 6.04 Å². The molecule has 0 aliphatic carbocycles. The van der Waals surface area contributed by atoms with Crippen molar-refractivity contribution in [3.8, 4) is 0 Å². The predicted molar refractivity (Wildman–Crippen MR) is 79.6 cm³/mol. The normalized spacial score (nSPS) is 29.2. The van der Waals surface area contributed by atoms with Crippen LogP contribution in [0.3, 0.4) is 0 Å². The van der Waals surface area contributed by atoms with E-state index in [2.05, 4.69) is 33.5 Å². The summed E-state index contributed by atoms with van der Waals surface area (Å²) in [6.07, 6.45) is 7.67. The summed E-state index contributed by atoms with van der Waals surface area (Å²) in [6.45, 7) is 6.95. The maximum atomic E-state index is 4.33. The first-order valence-electron chi connectivity index (χ1n) is 7.53. The lowest BCUT2D eigenvalue weighted by atomic mass is 9.84. The molecule has 1 atom stereocenters. The molecule has 0 spiro atoms. The molecule has 2 bridgehead atoms. The second-order valence-electron chi connectivity index (χ2n) is 5.78. The van der Waals surface area contributed by atoms with Crippen molar-refractivity contribution < 1.29 is 0 Å². The summed E-state index contributed by atoms with van der Waals surface area (Å²) in [5, 5.41) is 7.08. The Balaban J connectivity index is 1.63. The molecule has 0 saturated carbocycles. The molecule has 2 N–H and O–H groups in total. The molecule has 1 aromatic heterocycles. The summed E-state index contributed by atoms with van der Waals surface area (Å²) in [5.41, 5.74) is 2.27. The van der Waals surface area contributed by atoms with Gasteiger partial charge in [-0.1, -0.05) is 6.92 Å². The van der Waals surface area contributed by atoms with Crippen molar-refractivity contribution in [1.29, 1.82) is 0 Å². The van der Waals surface area contributed by atoms with Gasteiger partial charge in [0.15, 0.2) is 0 Å². The van der Waals surface area contributed by atoms with Gasteiger partial charge in [-0.05, 0) is 44.3 Å². The molecular formula is C15H24N4. The number of hydrogen-bond acceptors (Lipinski definition) is 4. The SMILES string of the molecule is CCCNc1cncc(NC2CN3CCC2CC3)c1. The van der Waals surface area contributed by atoms with E-state index in [0.717, 1.165) is 30.3 Å². The fourth-order valence-electron chi connectivity index (χ4n) is 3.23. The number of hydrogen-bond donors (Lipinski definition) is 2. The third-order valence-electron chi connectivity index (χ3n) is 4.33. The highest BCUT2D eigenvalue weighted by molar-refractivity contribution is 5.54. The molecule has 0 aromatic carbocycles. The minimum absolute atomic E-state index is 0.603. The Hall–Kier alpha value is -1.29. The monoisotopic (exact) mass is 260 g/mol. The first-order valence-corrected chi connectivity index (χ1v) is 7.53. The largest absolute Gasteiger partial charge is 0.384 e. The van der Waals surface area contributed by atoms with Crippen LogP contribution < -0.4 is 10.6 Å². The van der Waals surface area contributed by atoms with E-state index in [1.807, 2.05) is 12.4 Å². The number of nitrogens with one attached hydrogen (secondary N) is 2. The molecular weight excluding hydrogens is 236 g/mol. The van der Waals surface area contributed by atoms with Crippen LogP contribution in [0.25, 0.3) is 0 Å². The van der Waals surface area contributed by atoms with Crippen LogP contribution in [0.4, 0.5) is 11.4 Å². The summed E-state index contributed by atoms with van der Waals surface area (Å²) in [4.78, 5) is 6.90. The number of piperidine rings is 3. The molecule has 3 aliphatic heterocycles. The van der Waals surface area contributed by atoms with Crippen LogP contribution in [0.1, 0.15) is 26.2 Å². The third kappa shape index (κ3) is 3.00. The molecule has 104 valence electrons. The highest BCUT2D eigenvalue weighted by Gasteiger charge is 2.33. The first-order chi connectivity index (χ1) is 9.35. The van der Waals surface area contributed by atoms with Gasteiger partial charge < -0.3 is 15.5 Å². The average molecular weight is 260 g/mol. The smallest absolute Gasteiger partial charge is 0.0550 e. The lowest BCUT2D eigenvalue weighted by Gasteiger charge is -2.45. The van der Waals surface area contributed by atoms with E-state index in [1.54, 1.807) is 0 Å². The quantitative estimate of drug-likeness (QED) is 0.853. The van der Waals surface area contributed by atoms with Gasteiger partial charge in [-0.15, -0.1) is 0 Å². The van der Waals surface area contributed by atoms with Crippen molar-refractivity contribution in [3.63, 3.8) is 0 Å². The van der Waals surface area contributed by atoms with E-state index in [1.165, 1.54) is 32.5 Å². The molecule has 4 heteroatoms. The van der Waals surface area contributed by atoms with E-state index in [-0.39, 0.29) is 0 Å². The number of nitrogens with zero attached hydrogens (tertiary/aromatic N) is 2. The van der Waals surface area contributed by atoms with Crippen molar-refractivity contribution in [3.05, 3.63) is 18.5 Å². The number of pyridine rings is 1. The lowest BCUT2D eigenvalue weighted by molar-refractivity contribution is 0.0975. The minimum atomic E-state index is 0.603. The summed E-state index contributed by atoms with van der Waals surface area (Å²) in [6, 6.07) is 2.78. The highest BCUT2D eigenvalue weighted by Crippen LogP contribution is 2.29. The first kappa shape index (κ1) is 12.7. The molecule has 4 nitrogen and oxygen atoms in total. The zero-order valence-electron chi connectivity index (χ0n) is 11.7. The number of aromatic nitrogens is 1. The molecule has 3 fully saturated rings. The predicted octanol–water partition coefficient (Wildman–Crippen LogP) is 2.41. The van der Waals surface area contributed by atoms with Crippen molar-refractivity contribution in [2.24, 2.45) is 5.92 Å². The Bertz CT molecular complexity index is 412. The van der Waals surface area contributed by atoms with Crippen LogP contribution in [0.15, 0.2) is 18.5 Å². The van der Waals surface area contributed by atoms with Gasteiger partial charge in [0.1, 0.15) is 0 Å². The summed E-state index contributed by atoms with van der Waals surface area (Å²) in [5.74, 6) is 0.845. The number of anilines is 2. The molecule has 4 rings (SSSR count). The van der Waals surface area contributed by atoms with Gasteiger partial charge in [0.2, 0.25) is 0 Å². The zero-order valence-corrected chi connectivity index (χ0v) is 11.7. The maximum Gasteiger partial charge on any atom is 0.0550 e. The Labute approximate surface area is 115 Å². The summed E-state index contributed by atoms with van der Waals surface area (Å²) in [7, 11) is 0. The molecule has 1 aromatic rings. The average Bonchev–Trinajstić information content (AvgIpc) is 2.47. The third-order valence-corrected chi connectivity index (χ3v) is 4.33. The van der Waals surface area contributed by atoms with Gasteiger partial charge in [-0.25, -0.2) is 0 Å². The van der Waals surface area contributed by atoms with Crippen molar-refractivity contribution in [2.45, 2.75) is 32.2 Å². The van der Waals surface area contributed by atoms with Crippen molar-refractivity contribution in [1.82, 2.24) is 9.88 Å². The van der Waals surface area contributed by atoms with Crippen LogP contribution in [-0.2, 0) is 0 Å². The highest BCUT2D eigenvalue weighted by atomic mass is 15.2. The zero-order chi connectivity index (χ0) is 13.1. The fourth-order valence-corrected chi connectivity index (χ4v) is 3.23. The van der Waals surface area contributed by atoms with Crippen molar-refractivity contribution in [2.75, 3.05) is 36.8 Å². The molecule has 0 amide bonds. The molecule has 1 unspecified atom stereocenters. The maximum absolute atomic E-state index is 4.33. The Morgan fingerprint density at radius 3 is 2.74 bits per heavy atom. The van der Waals surface area contributed by atoms with Crippen LogP contribution in [0.5, 0.6) is 0 Å². The summed E-state index contributed by atoms with van der Waals surface area (Å²) < 4.78 is 0. The van der Waals surface area contributed by atoms with E-state index >= 15 is 0 Å². The lowest BCUT2D eigenvalue weighted by Crippen LogP contribution is -2.53. The van der Waals surface area contributed by atoms with Gasteiger partial charge in [0, 0.05) is 19.1 Å². The second kappa shape index (κ2) is 5.78. The summed E-state index contributed by atoms with van der Waals surface area (Å²) >= 11 is 0. The minimum Gasteiger partial charge on any atom is -0.384 e. The van der Waals surface area contributed by atoms with Crippen LogP contribution >= 0.6 is 0 Å². The van der Waals surface area contributed by atoms with Gasteiger partial charge in [-0.3, -0.25) is 4.98 Å². The Kier molecular flexibility index (Phi) is 3.87. The molecule has 0 radical (unpaired) electrons. The van der Waals surface area contributed by atoms with E-state index in [9.17, 15) is 0 Å². The Morgan fingerprint density at radius 2 is 2.05 bits per heavy atom. The van der Waals surface area contributed by atoms with Crippen LogP contribution in [0, 0.1) is 5.92 Å². The van der Waals surface area contributed by atoms with Gasteiger partial charge in [-0.2, -0.15) is 0 Å². The van der Waals surface area contributed by atoms with Gasteiger partial charge in [0.25, 0.3) is 0 Å². The molecule has 3 aliphatic rings. The molecule has 19 heavy (non-hydrogen) atoms. The van der Waals surface area contributed by atoms with Gasteiger partial charge >= 0.3 is 0 Å². The van der Waals surface area contributed by atoms with E-state index in [4.69, 9.17) is 0 Å². The van der Waals surface area contributed by atoms with Crippen LogP contribution in [0.2, 0.25) is 0 Å². The van der Waals surface area contributed by atoms with Gasteiger partial charge in [0.05, 0.1) is 23.8 Å². The van der Waals surface area contributed by atoms with E-state index < -0.39 is 0 Å². The molecule has 4 heterocycles. The number of rotatable bonds is 5. The standard InChI is InChI=1S/C15H24N4/c1-2-5-17-13-8-14(10-16-9-13)18-15-11-19-6-3-12(15)4-7-19/h8-10,12,15,17-18H,2-7,11H2,1H3. The fraction of sp³-hybridized carbons (Fsp3) is 0.667. The van der Waals surface area contributed by atoms with Crippen LogP contribution in [-0.4, -0.2) is 42.1 Å². The van der Waals surface area contributed by atoms with Crippen molar-refractivity contribution >= 4 is 11.4 Å². The second-order valence-corrected chi connectivity index (χ2v) is 5.78. The Morgan fingerprint density at radius 1 is 1.26 bits per heavy atom.